The molecule has 33 heavy (non-hydrogen) atoms. The number of anilines is 1. The predicted octanol–water partition coefficient (Wildman–Crippen LogP) is 4.45. The Morgan fingerprint density at radius 1 is 1.21 bits per heavy atom. The molecule has 180 valence electrons. The number of hydrogen-bond acceptors (Lipinski definition) is 7. The van der Waals surface area contributed by atoms with Crippen molar-refractivity contribution in [3.8, 4) is 0 Å². The van der Waals surface area contributed by atoms with Gasteiger partial charge in [0.15, 0.2) is 5.13 Å². The van der Waals surface area contributed by atoms with Gasteiger partial charge in [0.2, 0.25) is 5.91 Å². The van der Waals surface area contributed by atoms with Gasteiger partial charge >= 0.3 is 11.5 Å². The number of esters is 1. The Kier molecular flexibility index (Phi) is 7.78. The molecular formula is C21H23F3N2O5S2. The van der Waals surface area contributed by atoms with Crippen molar-refractivity contribution in [2.45, 2.75) is 54.8 Å². The molecule has 12 heteroatoms. The van der Waals surface area contributed by atoms with Crippen LogP contribution >= 0.6 is 11.3 Å². The topological polar surface area (TPSA) is 102 Å². The van der Waals surface area contributed by atoms with Crippen molar-refractivity contribution in [3.63, 3.8) is 0 Å². The van der Waals surface area contributed by atoms with E-state index in [2.05, 4.69) is 15.0 Å². The fraction of sp³-hybridized carbons (Fsp3) is 0.476. The number of thiazole rings is 1. The van der Waals surface area contributed by atoms with Crippen LogP contribution < -0.4 is 5.32 Å². The third kappa shape index (κ3) is 6.11. The Morgan fingerprint density at radius 2 is 1.85 bits per heavy atom. The van der Waals surface area contributed by atoms with Crippen molar-refractivity contribution in [2.24, 2.45) is 5.92 Å². The molecule has 1 aliphatic carbocycles. The number of carbonyl (C=O) groups is 2. The highest BCUT2D eigenvalue weighted by molar-refractivity contribution is 7.92. The molecule has 7 nitrogen and oxygen atoms in total. The number of alkyl halides is 3. The number of nitrogens with one attached hydrogen (secondary N) is 1. The van der Waals surface area contributed by atoms with E-state index in [1.54, 1.807) is 5.38 Å². The molecule has 0 aliphatic heterocycles. The van der Waals surface area contributed by atoms with Crippen LogP contribution in [0.5, 0.6) is 0 Å². The lowest BCUT2D eigenvalue weighted by Gasteiger charge is -2.20. The molecule has 0 saturated heterocycles. The van der Waals surface area contributed by atoms with Crippen molar-refractivity contribution < 1.29 is 35.9 Å². The number of benzene rings is 1. The first-order valence-electron chi connectivity index (χ1n) is 10.2. The standard InChI is InChI=1S/C21H23F3N2O5S2/c1-31-18(27)11-15-12-32-20(25-15)26-19(28)17(10-13-4-2-3-5-13)14-6-8-16(9-7-14)33(29,30)21(22,23)24/h6-9,12-13,17H,2-5,10-11H2,1H3,(H,25,26,28). The molecule has 3 rings (SSSR count). The van der Waals surface area contributed by atoms with E-state index in [1.807, 2.05) is 0 Å². The molecule has 1 N–H and O–H groups in total. The van der Waals surface area contributed by atoms with Crippen molar-refractivity contribution >= 4 is 38.2 Å². The first-order valence-corrected chi connectivity index (χ1v) is 12.6. The third-order valence-corrected chi connectivity index (χ3v) is 7.90. The summed E-state index contributed by atoms with van der Waals surface area (Å²) in [6, 6.07) is 4.26. The van der Waals surface area contributed by atoms with Gasteiger partial charge < -0.3 is 10.1 Å². The van der Waals surface area contributed by atoms with E-state index < -0.39 is 38.0 Å². The zero-order valence-electron chi connectivity index (χ0n) is 17.7. The SMILES string of the molecule is COC(=O)Cc1csc(NC(=O)C(CC2CCCC2)c2ccc(S(=O)(=O)C(F)(F)F)cc2)n1. The first kappa shape index (κ1) is 25.2. The summed E-state index contributed by atoms with van der Waals surface area (Å²) in [5.74, 6) is -1.27. The number of nitrogens with zero attached hydrogens (tertiary/aromatic N) is 1. The third-order valence-electron chi connectivity index (χ3n) is 5.59. The minimum absolute atomic E-state index is 0.0382. The second-order valence-corrected chi connectivity index (χ2v) is 10.6. The molecular weight excluding hydrogens is 481 g/mol. The molecule has 1 fully saturated rings. The molecule has 1 aromatic heterocycles. The molecule has 1 amide bonds. The Labute approximate surface area is 193 Å². The van der Waals surface area contributed by atoms with Crippen LogP contribution in [0.4, 0.5) is 18.3 Å². The zero-order chi connectivity index (χ0) is 24.2. The Hall–Kier alpha value is -2.47. The molecule has 0 bridgehead atoms. The van der Waals surface area contributed by atoms with E-state index in [-0.39, 0.29) is 17.5 Å². The predicted molar refractivity (Wildman–Crippen MR) is 115 cm³/mol. The fourth-order valence-corrected chi connectivity index (χ4v) is 5.32. The molecule has 0 radical (unpaired) electrons. The van der Waals surface area contributed by atoms with Gasteiger partial charge in [-0.3, -0.25) is 9.59 Å². The molecule has 1 aliphatic rings. The minimum atomic E-state index is -5.47. The maximum absolute atomic E-state index is 13.1. The second-order valence-electron chi connectivity index (χ2n) is 7.84. The second kappa shape index (κ2) is 10.2. The summed E-state index contributed by atoms with van der Waals surface area (Å²) < 4.78 is 66.4. The van der Waals surface area contributed by atoms with E-state index >= 15 is 0 Å². The number of aromatic nitrogens is 1. The van der Waals surface area contributed by atoms with E-state index in [1.165, 1.54) is 19.2 Å². The van der Waals surface area contributed by atoms with Gasteiger partial charge in [-0.25, -0.2) is 13.4 Å². The van der Waals surface area contributed by atoms with Gasteiger partial charge in [0, 0.05) is 5.38 Å². The maximum atomic E-state index is 13.1. The van der Waals surface area contributed by atoms with Gasteiger partial charge in [-0.15, -0.1) is 11.3 Å². The van der Waals surface area contributed by atoms with Crippen LogP contribution in [0.2, 0.25) is 0 Å². The van der Waals surface area contributed by atoms with Crippen LogP contribution in [0.25, 0.3) is 0 Å². The normalized spacial score (nSPS) is 15.9. The quantitative estimate of drug-likeness (QED) is 0.533. The van der Waals surface area contributed by atoms with E-state index in [0.29, 0.717) is 17.7 Å². The molecule has 1 saturated carbocycles. The molecule has 1 aromatic carbocycles. The average Bonchev–Trinajstić information content (AvgIpc) is 3.43. The maximum Gasteiger partial charge on any atom is 0.501 e. The van der Waals surface area contributed by atoms with Crippen LogP contribution in [0.15, 0.2) is 34.5 Å². The summed E-state index contributed by atoms with van der Waals surface area (Å²) in [7, 11) is -4.21. The van der Waals surface area contributed by atoms with Crippen LogP contribution in [-0.2, 0) is 30.6 Å². The lowest BCUT2D eigenvalue weighted by molar-refractivity contribution is -0.139. The minimum Gasteiger partial charge on any atom is -0.469 e. The summed E-state index contributed by atoms with van der Waals surface area (Å²) in [6.07, 6.45) is 4.44. The van der Waals surface area contributed by atoms with Crippen LogP contribution in [0.1, 0.15) is 49.3 Å². The number of amides is 1. The summed E-state index contributed by atoms with van der Waals surface area (Å²) in [5.41, 5.74) is -4.54. The molecule has 1 unspecified atom stereocenters. The molecule has 0 spiro atoms. The van der Waals surface area contributed by atoms with Crippen LogP contribution in [0, 0.1) is 5.92 Å². The average molecular weight is 505 g/mol. The van der Waals surface area contributed by atoms with E-state index in [9.17, 15) is 31.2 Å². The highest BCUT2D eigenvalue weighted by Gasteiger charge is 2.46. The summed E-state index contributed by atoms with van der Waals surface area (Å²) in [6.45, 7) is 0. The molecule has 1 heterocycles. The monoisotopic (exact) mass is 504 g/mol. The number of hydrogen-bond donors (Lipinski definition) is 1. The Bertz CT molecular complexity index is 1090. The van der Waals surface area contributed by atoms with Crippen LogP contribution in [0.3, 0.4) is 0 Å². The lowest BCUT2D eigenvalue weighted by atomic mass is 9.87. The molecule has 1 atom stereocenters. The number of halogens is 3. The summed E-state index contributed by atoms with van der Waals surface area (Å²) in [4.78, 5) is 27.8. The summed E-state index contributed by atoms with van der Waals surface area (Å²) >= 11 is 1.14. The van der Waals surface area contributed by atoms with Crippen LogP contribution in [-0.4, -0.2) is 37.9 Å². The smallest absolute Gasteiger partial charge is 0.469 e. The zero-order valence-corrected chi connectivity index (χ0v) is 19.4. The van der Waals surface area contributed by atoms with Gasteiger partial charge in [0.05, 0.1) is 30.0 Å². The van der Waals surface area contributed by atoms with Crippen molar-refractivity contribution in [3.05, 3.63) is 40.9 Å². The lowest BCUT2D eigenvalue weighted by Crippen LogP contribution is -2.24. The van der Waals surface area contributed by atoms with Gasteiger partial charge in [-0.2, -0.15) is 13.2 Å². The van der Waals surface area contributed by atoms with E-state index in [4.69, 9.17) is 0 Å². The van der Waals surface area contributed by atoms with Gasteiger partial charge in [-0.1, -0.05) is 37.8 Å². The van der Waals surface area contributed by atoms with Gasteiger partial charge in [-0.05, 0) is 30.0 Å². The summed E-state index contributed by atoms with van der Waals surface area (Å²) in [5, 5.41) is 4.62. The van der Waals surface area contributed by atoms with Crippen molar-refractivity contribution in [2.75, 3.05) is 12.4 Å². The highest BCUT2D eigenvalue weighted by atomic mass is 32.2. The number of methoxy groups -OCH3 is 1. The Morgan fingerprint density at radius 3 is 2.42 bits per heavy atom. The number of rotatable bonds is 8. The Balaban J connectivity index is 1.81. The number of carbonyl (C=O) groups excluding carboxylic acids is 2. The number of ether oxygens (including phenoxy) is 1. The van der Waals surface area contributed by atoms with Gasteiger partial charge in [0.1, 0.15) is 0 Å². The van der Waals surface area contributed by atoms with Crippen molar-refractivity contribution in [1.29, 1.82) is 0 Å². The molecule has 2 aromatic rings. The fourth-order valence-electron chi connectivity index (χ4n) is 3.84. The van der Waals surface area contributed by atoms with E-state index in [0.717, 1.165) is 49.2 Å². The largest absolute Gasteiger partial charge is 0.501 e. The number of sulfone groups is 1. The first-order chi connectivity index (χ1) is 15.5. The van der Waals surface area contributed by atoms with Crippen molar-refractivity contribution in [1.82, 2.24) is 4.98 Å². The highest BCUT2D eigenvalue weighted by Crippen LogP contribution is 2.36. The van der Waals surface area contributed by atoms with Gasteiger partial charge in [0.25, 0.3) is 9.84 Å².